The molecule has 0 aliphatic carbocycles. The van der Waals surface area contributed by atoms with Crippen molar-refractivity contribution in [3.05, 3.63) is 18.0 Å². The highest BCUT2D eigenvalue weighted by Crippen LogP contribution is 2.38. The number of hydrogen-bond acceptors (Lipinski definition) is 3. The zero-order valence-electron chi connectivity index (χ0n) is 10.7. The van der Waals surface area contributed by atoms with Gasteiger partial charge in [-0.3, -0.25) is 0 Å². The lowest BCUT2D eigenvalue weighted by atomic mass is 10.1. The summed E-state index contributed by atoms with van der Waals surface area (Å²) in [7, 11) is 2.13. The predicted molar refractivity (Wildman–Crippen MR) is 71.5 cm³/mol. The van der Waals surface area contributed by atoms with Gasteiger partial charge in [0.1, 0.15) is 12.0 Å². The van der Waals surface area contributed by atoms with Crippen LogP contribution in [0.25, 0.3) is 11.0 Å². The van der Waals surface area contributed by atoms with E-state index in [9.17, 15) is 0 Å². The number of benzene rings is 1. The van der Waals surface area contributed by atoms with Crippen LogP contribution in [0, 0.1) is 12.8 Å². The molecule has 4 heteroatoms. The summed E-state index contributed by atoms with van der Waals surface area (Å²) >= 11 is 0. The standard InChI is InChI=1S/C13H18N4/c1-7(2)13-16-11-5-9-10(15-8(3)14-9)6-12(11)17(13)4/h5-7,13,16H,1-4H3,(H,14,15). The van der Waals surface area contributed by atoms with Gasteiger partial charge in [0.05, 0.1) is 22.4 Å². The van der Waals surface area contributed by atoms with Gasteiger partial charge in [-0.05, 0) is 25.0 Å². The number of rotatable bonds is 1. The first-order chi connectivity index (χ1) is 8.06. The Morgan fingerprint density at radius 3 is 2.82 bits per heavy atom. The Morgan fingerprint density at radius 2 is 2.12 bits per heavy atom. The maximum atomic E-state index is 4.48. The summed E-state index contributed by atoms with van der Waals surface area (Å²) in [4.78, 5) is 10.1. The molecular weight excluding hydrogens is 212 g/mol. The van der Waals surface area contributed by atoms with Crippen molar-refractivity contribution in [1.82, 2.24) is 9.97 Å². The van der Waals surface area contributed by atoms with Gasteiger partial charge in [0.15, 0.2) is 0 Å². The van der Waals surface area contributed by atoms with Crippen LogP contribution in [0.4, 0.5) is 11.4 Å². The van der Waals surface area contributed by atoms with Crippen molar-refractivity contribution in [2.75, 3.05) is 17.3 Å². The Hall–Kier alpha value is -1.71. The van der Waals surface area contributed by atoms with Gasteiger partial charge in [-0.2, -0.15) is 0 Å². The van der Waals surface area contributed by atoms with Gasteiger partial charge in [0.25, 0.3) is 0 Å². The van der Waals surface area contributed by atoms with Crippen LogP contribution in [0.1, 0.15) is 19.7 Å². The Balaban J connectivity index is 2.12. The van der Waals surface area contributed by atoms with E-state index in [4.69, 9.17) is 0 Å². The number of aromatic amines is 1. The molecule has 1 aliphatic rings. The van der Waals surface area contributed by atoms with Crippen LogP contribution < -0.4 is 10.2 Å². The van der Waals surface area contributed by atoms with E-state index in [1.807, 2.05) is 6.92 Å². The summed E-state index contributed by atoms with van der Waals surface area (Å²) in [5.74, 6) is 1.53. The first-order valence-electron chi connectivity index (χ1n) is 6.06. The van der Waals surface area contributed by atoms with Gasteiger partial charge in [-0.25, -0.2) is 4.98 Å². The predicted octanol–water partition coefficient (Wildman–Crippen LogP) is 2.72. The molecule has 1 aromatic carbocycles. The third-order valence-corrected chi connectivity index (χ3v) is 3.45. The van der Waals surface area contributed by atoms with E-state index < -0.39 is 0 Å². The lowest BCUT2D eigenvalue weighted by Crippen LogP contribution is -2.36. The minimum absolute atomic E-state index is 0.373. The second kappa shape index (κ2) is 3.39. The fourth-order valence-electron chi connectivity index (χ4n) is 2.60. The second-order valence-corrected chi connectivity index (χ2v) is 5.15. The van der Waals surface area contributed by atoms with Gasteiger partial charge < -0.3 is 15.2 Å². The van der Waals surface area contributed by atoms with Crippen molar-refractivity contribution in [3.63, 3.8) is 0 Å². The van der Waals surface area contributed by atoms with Crippen LogP contribution in [0.5, 0.6) is 0 Å². The van der Waals surface area contributed by atoms with Gasteiger partial charge in [-0.15, -0.1) is 0 Å². The van der Waals surface area contributed by atoms with E-state index >= 15 is 0 Å². The van der Waals surface area contributed by atoms with E-state index in [0.717, 1.165) is 16.9 Å². The third-order valence-electron chi connectivity index (χ3n) is 3.45. The molecule has 1 unspecified atom stereocenters. The highest BCUT2D eigenvalue weighted by molar-refractivity contribution is 5.90. The molecule has 17 heavy (non-hydrogen) atoms. The van der Waals surface area contributed by atoms with Gasteiger partial charge >= 0.3 is 0 Å². The number of anilines is 2. The molecule has 1 aliphatic heterocycles. The molecule has 0 amide bonds. The first-order valence-corrected chi connectivity index (χ1v) is 6.06. The van der Waals surface area contributed by atoms with Crippen molar-refractivity contribution in [2.24, 2.45) is 5.92 Å². The van der Waals surface area contributed by atoms with E-state index in [1.54, 1.807) is 0 Å². The van der Waals surface area contributed by atoms with Crippen molar-refractivity contribution in [2.45, 2.75) is 26.9 Å². The smallest absolute Gasteiger partial charge is 0.104 e. The zero-order chi connectivity index (χ0) is 12.2. The van der Waals surface area contributed by atoms with Crippen LogP contribution in [0.15, 0.2) is 12.1 Å². The average Bonchev–Trinajstić information content (AvgIpc) is 2.75. The fourth-order valence-corrected chi connectivity index (χ4v) is 2.60. The van der Waals surface area contributed by atoms with Crippen LogP contribution in [0.3, 0.4) is 0 Å². The quantitative estimate of drug-likeness (QED) is 0.791. The highest BCUT2D eigenvalue weighted by atomic mass is 15.3. The Bertz CT molecular complexity index is 570. The molecule has 3 rings (SSSR count). The molecule has 1 atom stereocenters. The maximum absolute atomic E-state index is 4.48. The molecular formula is C13H18N4. The average molecular weight is 230 g/mol. The summed E-state index contributed by atoms with van der Waals surface area (Å²) in [6.07, 6.45) is 0.373. The molecule has 0 fully saturated rings. The van der Waals surface area contributed by atoms with E-state index in [1.165, 1.54) is 11.4 Å². The summed E-state index contributed by atoms with van der Waals surface area (Å²) in [6, 6.07) is 4.31. The Labute approximate surface area is 101 Å². The summed E-state index contributed by atoms with van der Waals surface area (Å²) < 4.78 is 0. The van der Waals surface area contributed by atoms with Crippen molar-refractivity contribution in [1.29, 1.82) is 0 Å². The molecule has 0 radical (unpaired) electrons. The molecule has 4 nitrogen and oxygen atoms in total. The molecule has 0 saturated carbocycles. The van der Waals surface area contributed by atoms with Crippen LogP contribution in [-0.2, 0) is 0 Å². The zero-order valence-corrected chi connectivity index (χ0v) is 10.7. The van der Waals surface area contributed by atoms with Crippen molar-refractivity contribution >= 4 is 22.4 Å². The molecule has 0 bridgehead atoms. The second-order valence-electron chi connectivity index (χ2n) is 5.15. The minimum atomic E-state index is 0.373. The van der Waals surface area contributed by atoms with E-state index in [-0.39, 0.29) is 0 Å². The van der Waals surface area contributed by atoms with Gasteiger partial charge in [0, 0.05) is 7.05 Å². The third kappa shape index (κ3) is 1.47. The highest BCUT2D eigenvalue weighted by Gasteiger charge is 2.28. The molecule has 1 aromatic heterocycles. The number of aryl methyl sites for hydroxylation is 1. The number of imidazole rings is 1. The van der Waals surface area contributed by atoms with Gasteiger partial charge in [-0.1, -0.05) is 13.8 Å². The Kier molecular flexibility index (Phi) is 2.08. The van der Waals surface area contributed by atoms with Crippen molar-refractivity contribution in [3.8, 4) is 0 Å². The summed E-state index contributed by atoms with van der Waals surface area (Å²) in [5, 5.41) is 3.56. The number of nitrogens with zero attached hydrogens (tertiary/aromatic N) is 2. The fraction of sp³-hybridized carbons (Fsp3) is 0.462. The number of aromatic nitrogens is 2. The normalized spacial score (nSPS) is 18.9. The minimum Gasteiger partial charge on any atom is -0.363 e. The number of nitrogens with one attached hydrogen (secondary N) is 2. The lowest BCUT2D eigenvalue weighted by molar-refractivity contribution is 0.531. The monoisotopic (exact) mass is 230 g/mol. The van der Waals surface area contributed by atoms with Crippen LogP contribution in [0.2, 0.25) is 0 Å². The molecule has 2 N–H and O–H groups in total. The van der Waals surface area contributed by atoms with Crippen molar-refractivity contribution < 1.29 is 0 Å². The van der Waals surface area contributed by atoms with E-state index in [2.05, 4.69) is 53.2 Å². The molecule has 2 aromatic rings. The van der Waals surface area contributed by atoms with Crippen LogP contribution >= 0.6 is 0 Å². The largest absolute Gasteiger partial charge is 0.363 e. The maximum Gasteiger partial charge on any atom is 0.104 e. The molecule has 0 saturated heterocycles. The number of H-pyrrole nitrogens is 1. The SMILES string of the molecule is Cc1nc2cc3c(cc2[nH]1)NC(C(C)C)N3C. The summed E-state index contributed by atoms with van der Waals surface area (Å²) in [5.41, 5.74) is 4.58. The lowest BCUT2D eigenvalue weighted by Gasteiger charge is -2.25. The molecule has 90 valence electrons. The first kappa shape index (κ1) is 10.4. The Morgan fingerprint density at radius 1 is 1.35 bits per heavy atom. The van der Waals surface area contributed by atoms with E-state index in [0.29, 0.717) is 12.1 Å². The topological polar surface area (TPSA) is 44.0 Å². The number of fused-ring (bicyclic) bond motifs is 2. The summed E-state index contributed by atoms with van der Waals surface area (Å²) in [6.45, 7) is 6.45. The molecule has 2 heterocycles. The number of hydrogen-bond donors (Lipinski definition) is 2. The molecule has 0 spiro atoms. The van der Waals surface area contributed by atoms with Crippen LogP contribution in [-0.4, -0.2) is 23.2 Å². The van der Waals surface area contributed by atoms with Gasteiger partial charge in [0.2, 0.25) is 0 Å².